The molecule has 0 bridgehead atoms. The van der Waals surface area contributed by atoms with Crippen LogP contribution in [0.1, 0.15) is 77.6 Å². The highest BCUT2D eigenvalue weighted by molar-refractivity contribution is 4.86. The molecular weight excluding hydrogens is 206 g/mol. The van der Waals surface area contributed by atoms with Crippen LogP contribution >= 0.6 is 0 Å². The molecule has 2 rings (SSSR count). The third-order valence-electron chi connectivity index (χ3n) is 5.01. The Bertz CT molecular complexity index is 196. The van der Waals surface area contributed by atoms with Crippen LogP contribution in [0.2, 0.25) is 0 Å². The Kier molecular flexibility index (Phi) is 5.84. The van der Waals surface area contributed by atoms with Crippen LogP contribution in [-0.4, -0.2) is 12.6 Å². The molecule has 1 heteroatoms. The van der Waals surface area contributed by atoms with Gasteiger partial charge in [0.05, 0.1) is 0 Å². The average molecular weight is 237 g/mol. The van der Waals surface area contributed by atoms with Crippen LogP contribution in [0.3, 0.4) is 0 Å². The fourth-order valence-electron chi connectivity index (χ4n) is 4.00. The van der Waals surface area contributed by atoms with Crippen molar-refractivity contribution in [3.05, 3.63) is 0 Å². The quantitative estimate of drug-likeness (QED) is 0.693. The van der Waals surface area contributed by atoms with Crippen LogP contribution < -0.4 is 5.32 Å². The van der Waals surface area contributed by atoms with Crippen molar-refractivity contribution in [1.82, 2.24) is 5.32 Å². The van der Waals surface area contributed by atoms with Crippen molar-refractivity contribution in [2.45, 2.75) is 83.6 Å². The molecule has 0 heterocycles. The molecule has 1 nitrogen and oxygen atoms in total. The summed E-state index contributed by atoms with van der Waals surface area (Å²) in [6, 6.07) is 0.860. The molecule has 2 saturated carbocycles. The van der Waals surface area contributed by atoms with Gasteiger partial charge in [0.25, 0.3) is 0 Å². The molecule has 0 aromatic carbocycles. The van der Waals surface area contributed by atoms with Crippen molar-refractivity contribution in [2.24, 2.45) is 11.8 Å². The van der Waals surface area contributed by atoms with Crippen molar-refractivity contribution in [1.29, 1.82) is 0 Å². The molecule has 2 aliphatic carbocycles. The first-order valence-corrected chi connectivity index (χ1v) is 8.15. The summed E-state index contributed by atoms with van der Waals surface area (Å²) in [5, 5.41) is 3.87. The predicted octanol–water partition coefficient (Wildman–Crippen LogP) is 4.52. The minimum Gasteiger partial charge on any atom is -0.314 e. The summed E-state index contributed by atoms with van der Waals surface area (Å²) < 4.78 is 0. The Balaban J connectivity index is 1.82. The van der Waals surface area contributed by atoms with E-state index in [-0.39, 0.29) is 0 Å². The Hall–Kier alpha value is -0.0400. The third kappa shape index (κ3) is 3.98. The van der Waals surface area contributed by atoms with Gasteiger partial charge in [0.1, 0.15) is 0 Å². The van der Waals surface area contributed by atoms with E-state index in [4.69, 9.17) is 0 Å². The number of unbranched alkanes of at least 4 members (excludes halogenated alkanes) is 1. The molecule has 0 aromatic rings. The summed E-state index contributed by atoms with van der Waals surface area (Å²) in [5.41, 5.74) is 0. The minimum absolute atomic E-state index is 0.860. The van der Waals surface area contributed by atoms with Crippen molar-refractivity contribution in [3.63, 3.8) is 0 Å². The summed E-state index contributed by atoms with van der Waals surface area (Å²) in [6.45, 7) is 3.55. The van der Waals surface area contributed by atoms with Gasteiger partial charge in [-0.2, -0.15) is 0 Å². The molecule has 1 N–H and O–H groups in total. The van der Waals surface area contributed by atoms with Gasteiger partial charge in [-0.15, -0.1) is 0 Å². The molecule has 0 saturated heterocycles. The lowest BCUT2D eigenvalue weighted by Crippen LogP contribution is -2.42. The second kappa shape index (κ2) is 7.41. The molecule has 2 aliphatic rings. The summed E-state index contributed by atoms with van der Waals surface area (Å²) in [6.07, 6.45) is 16.2. The molecule has 2 unspecified atom stereocenters. The molecular formula is C16H31N. The lowest BCUT2D eigenvalue weighted by atomic mass is 9.71. The van der Waals surface area contributed by atoms with Crippen LogP contribution in [0.4, 0.5) is 0 Å². The molecule has 100 valence electrons. The Morgan fingerprint density at radius 1 is 0.882 bits per heavy atom. The topological polar surface area (TPSA) is 12.0 Å². The highest BCUT2D eigenvalue weighted by atomic mass is 14.9. The molecule has 0 radical (unpaired) electrons. The predicted molar refractivity (Wildman–Crippen MR) is 75.2 cm³/mol. The van der Waals surface area contributed by atoms with E-state index >= 15 is 0 Å². The summed E-state index contributed by atoms with van der Waals surface area (Å²) >= 11 is 0. The smallest absolute Gasteiger partial charge is 0.00979 e. The van der Waals surface area contributed by atoms with E-state index in [2.05, 4.69) is 12.2 Å². The third-order valence-corrected chi connectivity index (χ3v) is 5.01. The second-order valence-electron chi connectivity index (χ2n) is 6.26. The highest BCUT2D eigenvalue weighted by Gasteiger charge is 2.31. The molecule has 0 amide bonds. The Labute approximate surface area is 108 Å². The zero-order valence-corrected chi connectivity index (χ0v) is 11.7. The maximum atomic E-state index is 3.87. The molecule has 0 spiro atoms. The van der Waals surface area contributed by atoms with Gasteiger partial charge in [-0.3, -0.25) is 0 Å². The maximum absolute atomic E-state index is 3.87. The second-order valence-corrected chi connectivity index (χ2v) is 6.26. The van der Waals surface area contributed by atoms with Crippen LogP contribution in [-0.2, 0) is 0 Å². The van der Waals surface area contributed by atoms with Crippen molar-refractivity contribution >= 4 is 0 Å². The van der Waals surface area contributed by atoms with Crippen molar-refractivity contribution in [2.75, 3.05) is 6.54 Å². The van der Waals surface area contributed by atoms with E-state index in [0.717, 1.165) is 17.9 Å². The van der Waals surface area contributed by atoms with Gasteiger partial charge in [-0.05, 0) is 37.6 Å². The lowest BCUT2D eigenvalue weighted by molar-refractivity contribution is 0.150. The van der Waals surface area contributed by atoms with E-state index in [0.29, 0.717) is 0 Å². The number of hydrogen-bond acceptors (Lipinski definition) is 1. The van der Waals surface area contributed by atoms with Gasteiger partial charge >= 0.3 is 0 Å². The SMILES string of the molecule is CCCCNC1CCCCC1C1CCCCC1. The first-order valence-electron chi connectivity index (χ1n) is 8.15. The Morgan fingerprint density at radius 3 is 2.35 bits per heavy atom. The summed E-state index contributed by atoms with van der Waals surface area (Å²) in [5.74, 6) is 2.07. The van der Waals surface area contributed by atoms with Gasteiger partial charge in [0.2, 0.25) is 0 Å². The average Bonchev–Trinajstić information content (AvgIpc) is 2.41. The molecule has 2 fully saturated rings. The lowest BCUT2D eigenvalue weighted by Gasteiger charge is -2.39. The molecule has 17 heavy (non-hydrogen) atoms. The van der Waals surface area contributed by atoms with Gasteiger partial charge in [-0.1, -0.05) is 58.3 Å². The first kappa shape index (κ1) is 13.4. The van der Waals surface area contributed by atoms with Gasteiger partial charge in [-0.25, -0.2) is 0 Å². The van der Waals surface area contributed by atoms with Crippen molar-refractivity contribution < 1.29 is 0 Å². The molecule has 2 atom stereocenters. The fourth-order valence-corrected chi connectivity index (χ4v) is 4.00. The normalized spacial score (nSPS) is 31.6. The highest BCUT2D eigenvalue weighted by Crippen LogP contribution is 2.38. The van der Waals surface area contributed by atoms with E-state index in [1.807, 2.05) is 0 Å². The summed E-state index contributed by atoms with van der Waals surface area (Å²) in [4.78, 5) is 0. The van der Waals surface area contributed by atoms with Crippen molar-refractivity contribution in [3.8, 4) is 0 Å². The standard InChI is InChI=1S/C16H31N/c1-2-3-13-17-16-12-8-7-11-15(16)14-9-5-4-6-10-14/h14-17H,2-13H2,1H3. The minimum atomic E-state index is 0.860. The van der Waals surface area contributed by atoms with E-state index < -0.39 is 0 Å². The number of hydrogen-bond donors (Lipinski definition) is 1. The first-order chi connectivity index (χ1) is 8.42. The molecule has 0 aromatic heterocycles. The maximum Gasteiger partial charge on any atom is 0.00979 e. The van der Waals surface area contributed by atoms with Crippen LogP contribution in [0.25, 0.3) is 0 Å². The van der Waals surface area contributed by atoms with E-state index in [1.165, 1.54) is 77.2 Å². The Morgan fingerprint density at radius 2 is 1.59 bits per heavy atom. The van der Waals surface area contributed by atoms with Gasteiger partial charge in [0, 0.05) is 6.04 Å². The van der Waals surface area contributed by atoms with Gasteiger partial charge < -0.3 is 5.32 Å². The van der Waals surface area contributed by atoms with Crippen LogP contribution in [0, 0.1) is 11.8 Å². The number of nitrogens with one attached hydrogen (secondary N) is 1. The molecule has 0 aliphatic heterocycles. The number of rotatable bonds is 5. The monoisotopic (exact) mass is 237 g/mol. The fraction of sp³-hybridized carbons (Fsp3) is 1.00. The van der Waals surface area contributed by atoms with Crippen LogP contribution in [0.5, 0.6) is 0 Å². The van der Waals surface area contributed by atoms with Gasteiger partial charge in [0.15, 0.2) is 0 Å². The summed E-state index contributed by atoms with van der Waals surface area (Å²) in [7, 11) is 0. The van der Waals surface area contributed by atoms with E-state index in [1.54, 1.807) is 0 Å². The van der Waals surface area contributed by atoms with Crippen LogP contribution in [0.15, 0.2) is 0 Å². The zero-order chi connectivity index (χ0) is 11.9. The zero-order valence-electron chi connectivity index (χ0n) is 11.7. The largest absolute Gasteiger partial charge is 0.314 e. The van der Waals surface area contributed by atoms with E-state index in [9.17, 15) is 0 Å².